The van der Waals surface area contributed by atoms with Gasteiger partial charge in [-0.05, 0) is 56.6 Å². The molecule has 4 heteroatoms. The molecule has 0 spiro atoms. The number of hydrogen-bond acceptors (Lipinski definition) is 3. The van der Waals surface area contributed by atoms with Gasteiger partial charge >= 0.3 is 0 Å². The molecule has 0 saturated heterocycles. The molecule has 3 nitrogen and oxygen atoms in total. The van der Waals surface area contributed by atoms with Crippen LogP contribution < -0.4 is 0 Å². The Morgan fingerprint density at radius 2 is 1.95 bits per heavy atom. The summed E-state index contributed by atoms with van der Waals surface area (Å²) in [6, 6.07) is 2.49. The summed E-state index contributed by atoms with van der Waals surface area (Å²) in [5.74, 6) is 0.144. The number of rotatable bonds is 4. The Bertz CT molecular complexity index is 467. The van der Waals surface area contributed by atoms with Crippen LogP contribution in [0.2, 0.25) is 0 Å². The molecule has 1 aromatic heterocycles. The normalized spacial score (nSPS) is 19.3. The lowest BCUT2D eigenvalue weighted by Crippen LogP contribution is -2.45. The molecule has 2 aliphatic rings. The van der Waals surface area contributed by atoms with Gasteiger partial charge in [-0.2, -0.15) is 0 Å². The van der Waals surface area contributed by atoms with Crippen molar-refractivity contribution in [3.8, 4) is 0 Å². The number of hydrogen-bond donors (Lipinski definition) is 1. The van der Waals surface area contributed by atoms with Gasteiger partial charge in [-0.15, -0.1) is 11.3 Å². The molecule has 1 heterocycles. The maximum absolute atomic E-state index is 12.8. The van der Waals surface area contributed by atoms with Crippen molar-refractivity contribution in [2.45, 2.75) is 63.8 Å². The van der Waals surface area contributed by atoms with Crippen LogP contribution in [0.15, 0.2) is 6.07 Å². The number of thiophene rings is 1. The third-order valence-electron chi connectivity index (χ3n) is 4.82. The van der Waals surface area contributed by atoms with E-state index in [9.17, 15) is 9.90 Å². The monoisotopic (exact) mass is 307 g/mol. The summed E-state index contributed by atoms with van der Waals surface area (Å²) < 4.78 is 0. The van der Waals surface area contributed by atoms with Crippen LogP contribution in [0.1, 0.15) is 65.1 Å². The number of carbonyl (C=O) groups is 1. The molecule has 0 atom stereocenters. The maximum atomic E-state index is 12.8. The van der Waals surface area contributed by atoms with Crippen LogP contribution in [0, 0.1) is 0 Å². The summed E-state index contributed by atoms with van der Waals surface area (Å²) in [6.07, 6.45) is 10.8. The van der Waals surface area contributed by atoms with E-state index in [0.717, 1.165) is 30.6 Å². The van der Waals surface area contributed by atoms with Crippen LogP contribution in [0.3, 0.4) is 0 Å². The summed E-state index contributed by atoms with van der Waals surface area (Å²) in [7, 11) is 0. The largest absolute Gasteiger partial charge is 0.395 e. The lowest BCUT2D eigenvalue weighted by Gasteiger charge is -2.37. The van der Waals surface area contributed by atoms with Crippen molar-refractivity contribution in [2.24, 2.45) is 0 Å². The Morgan fingerprint density at radius 1 is 1.19 bits per heavy atom. The van der Waals surface area contributed by atoms with Gasteiger partial charge in [-0.3, -0.25) is 4.79 Å². The minimum Gasteiger partial charge on any atom is -0.395 e. The zero-order valence-electron chi connectivity index (χ0n) is 12.6. The SMILES string of the molecule is O=C(c1cc2c(s1)CCCCCC2)N(CCO)C1CCC1. The van der Waals surface area contributed by atoms with Gasteiger partial charge in [-0.1, -0.05) is 12.8 Å². The number of aliphatic hydroxyl groups is 1. The van der Waals surface area contributed by atoms with Gasteiger partial charge in [-0.25, -0.2) is 0 Å². The van der Waals surface area contributed by atoms with Crippen molar-refractivity contribution in [1.82, 2.24) is 4.90 Å². The quantitative estimate of drug-likeness (QED) is 0.926. The number of aryl methyl sites for hydroxylation is 2. The van der Waals surface area contributed by atoms with Crippen LogP contribution in [-0.4, -0.2) is 35.1 Å². The van der Waals surface area contributed by atoms with Crippen molar-refractivity contribution in [1.29, 1.82) is 0 Å². The Labute approximate surface area is 131 Å². The molecule has 1 N–H and O–H groups in total. The van der Waals surface area contributed by atoms with Gasteiger partial charge in [0.2, 0.25) is 0 Å². The maximum Gasteiger partial charge on any atom is 0.264 e. The Kier molecular flexibility index (Phi) is 4.96. The Morgan fingerprint density at radius 3 is 2.62 bits per heavy atom. The fraction of sp³-hybridized carbons (Fsp3) is 0.706. The second-order valence-electron chi connectivity index (χ2n) is 6.28. The van der Waals surface area contributed by atoms with Crippen molar-refractivity contribution in [3.05, 3.63) is 21.4 Å². The first-order valence-corrected chi connectivity index (χ1v) is 9.14. The number of aliphatic hydroxyl groups excluding tert-OH is 1. The molecule has 0 bridgehead atoms. The highest BCUT2D eigenvalue weighted by Gasteiger charge is 2.30. The topological polar surface area (TPSA) is 40.5 Å². The van der Waals surface area contributed by atoms with E-state index in [2.05, 4.69) is 6.07 Å². The van der Waals surface area contributed by atoms with Crippen LogP contribution >= 0.6 is 11.3 Å². The van der Waals surface area contributed by atoms with E-state index in [0.29, 0.717) is 12.6 Å². The van der Waals surface area contributed by atoms with E-state index in [-0.39, 0.29) is 12.5 Å². The third-order valence-corrected chi connectivity index (χ3v) is 6.05. The van der Waals surface area contributed by atoms with Crippen LogP contribution in [0.5, 0.6) is 0 Å². The van der Waals surface area contributed by atoms with E-state index in [1.165, 1.54) is 42.5 Å². The van der Waals surface area contributed by atoms with Gasteiger partial charge in [0.1, 0.15) is 0 Å². The molecule has 1 aromatic rings. The molecule has 1 fully saturated rings. The molecule has 0 radical (unpaired) electrons. The zero-order valence-corrected chi connectivity index (χ0v) is 13.5. The molecule has 0 aromatic carbocycles. The van der Waals surface area contributed by atoms with Crippen LogP contribution in [-0.2, 0) is 12.8 Å². The lowest BCUT2D eigenvalue weighted by molar-refractivity contribution is 0.0530. The molecule has 116 valence electrons. The van der Waals surface area contributed by atoms with E-state index in [4.69, 9.17) is 0 Å². The number of carbonyl (C=O) groups excluding carboxylic acids is 1. The fourth-order valence-electron chi connectivity index (χ4n) is 3.35. The fourth-order valence-corrected chi connectivity index (χ4v) is 4.56. The minimum absolute atomic E-state index is 0.0628. The van der Waals surface area contributed by atoms with Gasteiger partial charge < -0.3 is 10.0 Å². The van der Waals surface area contributed by atoms with Crippen LogP contribution in [0.4, 0.5) is 0 Å². The van der Waals surface area contributed by atoms with Crippen LogP contribution in [0.25, 0.3) is 0 Å². The zero-order chi connectivity index (χ0) is 14.7. The van der Waals surface area contributed by atoms with Crippen molar-refractivity contribution in [2.75, 3.05) is 13.2 Å². The van der Waals surface area contributed by atoms with Gasteiger partial charge in [0.25, 0.3) is 5.91 Å². The van der Waals surface area contributed by atoms with E-state index < -0.39 is 0 Å². The number of fused-ring (bicyclic) bond motifs is 1. The molecular formula is C17H25NO2S. The summed E-state index contributed by atoms with van der Waals surface area (Å²) >= 11 is 1.70. The molecule has 1 amide bonds. The summed E-state index contributed by atoms with van der Waals surface area (Å²) in [5.41, 5.74) is 1.40. The predicted octanol–water partition coefficient (Wildman–Crippen LogP) is 3.39. The second-order valence-corrected chi connectivity index (χ2v) is 7.42. The molecule has 3 rings (SSSR count). The van der Waals surface area contributed by atoms with E-state index >= 15 is 0 Å². The van der Waals surface area contributed by atoms with Gasteiger partial charge in [0.05, 0.1) is 11.5 Å². The lowest BCUT2D eigenvalue weighted by atomic mass is 9.91. The smallest absolute Gasteiger partial charge is 0.264 e. The summed E-state index contributed by atoms with van der Waals surface area (Å²) in [6.45, 7) is 0.541. The average molecular weight is 307 g/mol. The molecule has 2 aliphatic carbocycles. The van der Waals surface area contributed by atoms with Crippen molar-refractivity contribution >= 4 is 17.2 Å². The molecule has 0 unspecified atom stereocenters. The van der Waals surface area contributed by atoms with Gasteiger partial charge in [0.15, 0.2) is 0 Å². The molecular weight excluding hydrogens is 282 g/mol. The first-order valence-electron chi connectivity index (χ1n) is 8.33. The highest BCUT2D eigenvalue weighted by molar-refractivity contribution is 7.14. The number of nitrogens with zero attached hydrogens (tertiary/aromatic N) is 1. The van der Waals surface area contributed by atoms with Crippen molar-refractivity contribution < 1.29 is 9.90 Å². The first-order chi connectivity index (χ1) is 10.3. The predicted molar refractivity (Wildman–Crippen MR) is 86.0 cm³/mol. The first kappa shape index (κ1) is 15.0. The highest BCUT2D eigenvalue weighted by Crippen LogP contribution is 2.31. The van der Waals surface area contributed by atoms with Crippen molar-refractivity contribution in [3.63, 3.8) is 0 Å². The molecule has 1 saturated carbocycles. The Hall–Kier alpha value is -0.870. The van der Waals surface area contributed by atoms with E-state index in [1.54, 1.807) is 11.3 Å². The summed E-state index contributed by atoms with van der Waals surface area (Å²) in [5, 5.41) is 9.25. The standard InChI is InChI=1S/C17H25NO2S/c19-11-10-18(14-7-5-8-14)17(20)16-12-13-6-3-1-2-4-9-15(13)21-16/h12,14,19H,1-11H2. The Balaban J connectivity index is 1.78. The average Bonchev–Trinajstić information content (AvgIpc) is 2.78. The molecule has 21 heavy (non-hydrogen) atoms. The third kappa shape index (κ3) is 3.32. The highest BCUT2D eigenvalue weighted by atomic mass is 32.1. The van der Waals surface area contributed by atoms with E-state index in [1.807, 2.05) is 4.90 Å². The molecule has 0 aliphatic heterocycles. The minimum atomic E-state index is 0.0628. The van der Waals surface area contributed by atoms with Gasteiger partial charge in [0, 0.05) is 17.5 Å². The number of amides is 1. The summed E-state index contributed by atoms with van der Waals surface area (Å²) in [4.78, 5) is 17.0. The second kappa shape index (κ2) is 6.93.